The molecule has 2 aromatic rings. The zero-order chi connectivity index (χ0) is 20.8. The molecule has 1 N–H and O–H groups in total. The first-order valence-corrected chi connectivity index (χ1v) is 11.5. The largest absolute Gasteiger partial charge is 0.312 e. The predicted molar refractivity (Wildman–Crippen MR) is 117 cm³/mol. The number of hydrogen-bond donors (Lipinski definition) is 1. The summed E-state index contributed by atoms with van der Waals surface area (Å²) >= 11 is 2.78. The molecule has 1 aliphatic heterocycles. The van der Waals surface area contributed by atoms with Crippen LogP contribution in [-0.4, -0.2) is 29.1 Å². The van der Waals surface area contributed by atoms with Crippen molar-refractivity contribution >= 4 is 45.7 Å². The molecule has 3 rings (SSSR count). The van der Waals surface area contributed by atoms with E-state index in [4.69, 9.17) is 5.26 Å². The van der Waals surface area contributed by atoms with E-state index in [0.29, 0.717) is 17.4 Å². The first kappa shape index (κ1) is 21.3. The molecule has 1 aliphatic rings. The van der Waals surface area contributed by atoms with Gasteiger partial charge in [-0.1, -0.05) is 48.6 Å². The van der Waals surface area contributed by atoms with Gasteiger partial charge in [-0.2, -0.15) is 5.26 Å². The summed E-state index contributed by atoms with van der Waals surface area (Å²) in [4.78, 5) is 31.2. The van der Waals surface area contributed by atoms with Crippen LogP contribution in [0.4, 0.5) is 10.8 Å². The SMILES string of the molecule is CCCCc1ccc(N2CC(C(=O)Nc3nc(C)c(SCC#N)s3)CC2=O)cc1. The van der Waals surface area contributed by atoms with E-state index in [-0.39, 0.29) is 18.2 Å². The molecule has 29 heavy (non-hydrogen) atoms. The van der Waals surface area contributed by atoms with Crippen LogP contribution in [0.1, 0.15) is 37.4 Å². The third-order valence-corrected chi connectivity index (χ3v) is 7.12. The molecule has 8 heteroatoms. The number of aromatic nitrogens is 1. The summed E-state index contributed by atoms with van der Waals surface area (Å²) in [6.07, 6.45) is 3.54. The van der Waals surface area contributed by atoms with Crippen LogP contribution in [0, 0.1) is 24.2 Å². The lowest BCUT2D eigenvalue weighted by molar-refractivity contribution is -0.122. The molecular weight excluding hydrogens is 404 g/mol. The Balaban J connectivity index is 1.61. The number of nitrogens with one attached hydrogen (secondary N) is 1. The van der Waals surface area contributed by atoms with Crippen molar-refractivity contribution in [3.8, 4) is 6.07 Å². The van der Waals surface area contributed by atoms with Gasteiger partial charge in [0.05, 0.1) is 27.6 Å². The topological polar surface area (TPSA) is 86.1 Å². The number of carbonyl (C=O) groups is 2. The highest BCUT2D eigenvalue weighted by molar-refractivity contribution is 8.01. The minimum absolute atomic E-state index is 0.0351. The summed E-state index contributed by atoms with van der Waals surface area (Å²) in [5.41, 5.74) is 2.91. The van der Waals surface area contributed by atoms with E-state index < -0.39 is 5.92 Å². The Kier molecular flexibility index (Phi) is 7.29. The molecule has 2 amide bonds. The van der Waals surface area contributed by atoms with Gasteiger partial charge in [0, 0.05) is 18.7 Å². The molecule has 0 radical (unpaired) electrons. The molecule has 0 spiro atoms. The highest BCUT2D eigenvalue weighted by Crippen LogP contribution is 2.33. The minimum Gasteiger partial charge on any atom is -0.312 e. The third kappa shape index (κ3) is 5.37. The van der Waals surface area contributed by atoms with E-state index >= 15 is 0 Å². The quantitative estimate of drug-likeness (QED) is 0.630. The normalized spacial score (nSPS) is 16.1. The lowest BCUT2D eigenvalue weighted by atomic mass is 10.1. The number of benzene rings is 1. The van der Waals surface area contributed by atoms with E-state index in [1.54, 1.807) is 4.90 Å². The molecule has 1 unspecified atom stereocenters. The number of unbranched alkanes of at least 4 members (excludes halogenated alkanes) is 1. The molecule has 0 saturated carbocycles. The molecule has 1 atom stereocenters. The molecule has 0 bridgehead atoms. The maximum absolute atomic E-state index is 12.7. The highest BCUT2D eigenvalue weighted by Gasteiger charge is 2.35. The summed E-state index contributed by atoms with van der Waals surface area (Å²) in [6.45, 7) is 4.40. The lowest BCUT2D eigenvalue weighted by Gasteiger charge is -2.17. The van der Waals surface area contributed by atoms with Gasteiger partial charge in [-0.15, -0.1) is 0 Å². The van der Waals surface area contributed by atoms with E-state index in [9.17, 15) is 9.59 Å². The number of rotatable bonds is 8. The number of nitrogens with zero attached hydrogens (tertiary/aromatic N) is 3. The van der Waals surface area contributed by atoms with Gasteiger partial charge in [0.2, 0.25) is 11.8 Å². The molecule has 1 saturated heterocycles. The summed E-state index contributed by atoms with van der Waals surface area (Å²) in [7, 11) is 0. The molecule has 0 aliphatic carbocycles. The Morgan fingerprint density at radius 1 is 1.41 bits per heavy atom. The third-order valence-electron chi connectivity index (χ3n) is 4.81. The van der Waals surface area contributed by atoms with E-state index in [2.05, 4.69) is 35.4 Å². The number of thiazole rings is 1. The standard InChI is InChI=1S/C21H24N4O2S2/c1-3-4-5-15-6-8-17(9-7-15)25-13-16(12-18(25)26)19(27)24-21-23-14(2)20(29-21)28-11-10-22/h6-9,16H,3-5,11-13H2,1-2H3,(H,23,24,27). The van der Waals surface area contributed by atoms with Crippen molar-refractivity contribution in [2.45, 2.75) is 43.7 Å². The number of anilines is 2. The van der Waals surface area contributed by atoms with Crippen molar-refractivity contribution in [2.75, 3.05) is 22.5 Å². The fourth-order valence-electron chi connectivity index (χ4n) is 3.23. The Hall–Kier alpha value is -2.37. The van der Waals surface area contributed by atoms with Crippen LogP contribution in [0.3, 0.4) is 0 Å². The summed E-state index contributed by atoms with van der Waals surface area (Å²) in [5.74, 6) is -0.278. The Morgan fingerprint density at radius 2 is 2.17 bits per heavy atom. The first-order valence-electron chi connectivity index (χ1n) is 9.69. The van der Waals surface area contributed by atoms with Crippen molar-refractivity contribution < 1.29 is 9.59 Å². The number of nitriles is 1. The van der Waals surface area contributed by atoms with Crippen molar-refractivity contribution in [3.63, 3.8) is 0 Å². The predicted octanol–water partition coefficient (Wildman–Crippen LogP) is 4.40. The molecule has 152 valence electrons. The van der Waals surface area contributed by atoms with Gasteiger partial charge in [-0.25, -0.2) is 4.98 Å². The zero-order valence-electron chi connectivity index (χ0n) is 16.6. The van der Waals surface area contributed by atoms with Crippen molar-refractivity contribution in [1.29, 1.82) is 5.26 Å². The second kappa shape index (κ2) is 9.90. The number of thioether (sulfide) groups is 1. The van der Waals surface area contributed by atoms with Crippen LogP contribution in [0.15, 0.2) is 28.5 Å². The van der Waals surface area contributed by atoms with Crippen LogP contribution < -0.4 is 10.2 Å². The second-order valence-electron chi connectivity index (χ2n) is 7.00. The monoisotopic (exact) mass is 428 g/mol. The number of amides is 2. The molecule has 6 nitrogen and oxygen atoms in total. The Bertz CT molecular complexity index is 918. The van der Waals surface area contributed by atoms with Gasteiger partial charge in [0.15, 0.2) is 5.13 Å². The maximum atomic E-state index is 12.7. The zero-order valence-corrected chi connectivity index (χ0v) is 18.2. The van der Waals surface area contributed by atoms with Gasteiger partial charge in [0.25, 0.3) is 0 Å². The second-order valence-corrected chi connectivity index (χ2v) is 9.25. The number of aryl methyl sites for hydroxylation is 2. The smallest absolute Gasteiger partial charge is 0.231 e. The Morgan fingerprint density at radius 3 is 2.86 bits per heavy atom. The van der Waals surface area contributed by atoms with Gasteiger partial charge in [-0.3, -0.25) is 9.59 Å². The molecule has 2 heterocycles. The van der Waals surface area contributed by atoms with Gasteiger partial charge in [0.1, 0.15) is 0 Å². The molecule has 1 fully saturated rings. The van der Waals surface area contributed by atoms with Crippen molar-refractivity contribution in [2.24, 2.45) is 5.92 Å². The average Bonchev–Trinajstić information content (AvgIpc) is 3.27. The first-order chi connectivity index (χ1) is 14.0. The fourth-order valence-corrected chi connectivity index (χ4v) is 5.03. The fraction of sp³-hybridized carbons (Fsp3) is 0.429. The van der Waals surface area contributed by atoms with Gasteiger partial charge in [-0.05, 0) is 37.5 Å². The van der Waals surface area contributed by atoms with Crippen molar-refractivity contribution in [1.82, 2.24) is 4.98 Å². The highest BCUT2D eigenvalue weighted by atomic mass is 32.2. The summed E-state index contributed by atoms with van der Waals surface area (Å²) in [6, 6.07) is 10.1. The van der Waals surface area contributed by atoms with E-state index in [0.717, 1.165) is 34.9 Å². The van der Waals surface area contributed by atoms with Crippen LogP contribution in [0.2, 0.25) is 0 Å². The number of hydrogen-bond acceptors (Lipinski definition) is 6. The van der Waals surface area contributed by atoms with E-state index in [1.165, 1.54) is 28.7 Å². The average molecular weight is 429 g/mol. The summed E-state index contributed by atoms with van der Waals surface area (Å²) in [5, 5.41) is 12.1. The van der Waals surface area contributed by atoms with E-state index in [1.807, 2.05) is 19.1 Å². The Labute approximate surface area is 179 Å². The number of carbonyl (C=O) groups excluding carboxylic acids is 2. The van der Waals surface area contributed by atoms with Crippen LogP contribution in [-0.2, 0) is 16.0 Å². The maximum Gasteiger partial charge on any atom is 0.231 e. The van der Waals surface area contributed by atoms with Gasteiger partial charge < -0.3 is 10.2 Å². The lowest BCUT2D eigenvalue weighted by Crippen LogP contribution is -2.28. The van der Waals surface area contributed by atoms with Crippen LogP contribution in [0.25, 0.3) is 0 Å². The summed E-state index contributed by atoms with van der Waals surface area (Å²) < 4.78 is 0.925. The molecule has 1 aromatic carbocycles. The molecular formula is C21H24N4O2S2. The van der Waals surface area contributed by atoms with Crippen LogP contribution >= 0.6 is 23.1 Å². The minimum atomic E-state index is -0.401. The van der Waals surface area contributed by atoms with Crippen molar-refractivity contribution in [3.05, 3.63) is 35.5 Å². The molecule has 1 aromatic heterocycles. The van der Waals surface area contributed by atoms with Crippen LogP contribution in [0.5, 0.6) is 0 Å². The van der Waals surface area contributed by atoms with Gasteiger partial charge >= 0.3 is 0 Å².